The lowest BCUT2D eigenvalue weighted by molar-refractivity contribution is -0.931. The highest BCUT2D eigenvalue weighted by Crippen LogP contribution is 2.19. The molecule has 6 heteroatoms. The average molecular weight is 316 g/mol. The molecule has 0 amide bonds. The van der Waals surface area contributed by atoms with E-state index in [1.54, 1.807) is 0 Å². The molecule has 1 unspecified atom stereocenters. The molecule has 0 bridgehead atoms. The molecule has 0 spiro atoms. The highest BCUT2D eigenvalue weighted by molar-refractivity contribution is 7.09. The number of thiophene rings is 1. The van der Waals surface area contributed by atoms with Crippen LogP contribution in [0.3, 0.4) is 0 Å². The van der Waals surface area contributed by atoms with Crippen molar-refractivity contribution in [2.24, 2.45) is 0 Å². The van der Waals surface area contributed by atoms with E-state index in [0.29, 0.717) is 18.0 Å². The van der Waals surface area contributed by atoms with Gasteiger partial charge in [-0.15, -0.1) is 11.3 Å². The van der Waals surface area contributed by atoms with Gasteiger partial charge >= 0.3 is 6.18 Å². The van der Waals surface area contributed by atoms with Crippen molar-refractivity contribution >= 4 is 11.3 Å². The van der Waals surface area contributed by atoms with Crippen LogP contribution in [0, 0.1) is 0 Å². The second kappa shape index (κ2) is 7.06. The van der Waals surface area contributed by atoms with Crippen molar-refractivity contribution in [2.75, 3.05) is 6.54 Å². The Labute approximate surface area is 125 Å². The van der Waals surface area contributed by atoms with Gasteiger partial charge in [0.1, 0.15) is 19.6 Å². The Bertz CT molecular complexity index is 528. The van der Waals surface area contributed by atoms with E-state index in [-0.39, 0.29) is 6.54 Å². The van der Waals surface area contributed by atoms with Crippen molar-refractivity contribution in [3.05, 3.63) is 58.3 Å². The minimum Gasteiger partial charge on any atom is -0.379 e. The average Bonchev–Trinajstić information content (AvgIpc) is 2.91. The lowest BCUT2D eigenvalue weighted by Gasteiger charge is -2.23. The van der Waals surface area contributed by atoms with Crippen LogP contribution in [-0.4, -0.2) is 23.9 Å². The number of hydrogen-bond acceptors (Lipinski definition) is 2. The number of hydrogen-bond donors (Lipinski definition) is 2. The van der Waals surface area contributed by atoms with E-state index in [1.807, 2.05) is 47.8 Å². The van der Waals surface area contributed by atoms with E-state index < -0.39 is 12.3 Å². The lowest BCUT2D eigenvalue weighted by atomic mass is 10.2. The SMILES string of the molecule is O[C@@H](C[NH+](Cc1ccccc1)Cc1cccs1)C(F)(F)F. The maximum Gasteiger partial charge on any atom is 0.419 e. The summed E-state index contributed by atoms with van der Waals surface area (Å²) >= 11 is 1.51. The molecule has 0 saturated heterocycles. The molecule has 2 rings (SSSR count). The first-order valence-electron chi connectivity index (χ1n) is 6.60. The Morgan fingerprint density at radius 2 is 1.76 bits per heavy atom. The van der Waals surface area contributed by atoms with Gasteiger partial charge in [-0.1, -0.05) is 36.4 Å². The Balaban J connectivity index is 2.06. The summed E-state index contributed by atoms with van der Waals surface area (Å²) in [5.74, 6) is 0. The summed E-state index contributed by atoms with van der Waals surface area (Å²) in [7, 11) is 0. The molecule has 0 aliphatic rings. The van der Waals surface area contributed by atoms with Crippen LogP contribution in [-0.2, 0) is 13.1 Å². The fourth-order valence-electron chi connectivity index (χ4n) is 2.14. The highest BCUT2D eigenvalue weighted by atomic mass is 32.1. The number of rotatable bonds is 6. The molecule has 0 aliphatic carbocycles. The third-order valence-corrected chi connectivity index (χ3v) is 4.04. The van der Waals surface area contributed by atoms with Gasteiger partial charge in [-0.25, -0.2) is 0 Å². The van der Waals surface area contributed by atoms with Crippen molar-refractivity contribution in [3.63, 3.8) is 0 Å². The number of nitrogens with one attached hydrogen (secondary N) is 1. The monoisotopic (exact) mass is 316 g/mol. The van der Waals surface area contributed by atoms with Crippen molar-refractivity contribution in [1.29, 1.82) is 0 Å². The molecule has 1 heterocycles. The fraction of sp³-hybridized carbons (Fsp3) is 0.333. The third-order valence-electron chi connectivity index (χ3n) is 3.16. The molecule has 0 radical (unpaired) electrons. The summed E-state index contributed by atoms with van der Waals surface area (Å²) in [4.78, 5) is 1.70. The van der Waals surface area contributed by atoms with Crippen LogP contribution in [0.25, 0.3) is 0 Å². The maximum absolute atomic E-state index is 12.6. The molecule has 0 aliphatic heterocycles. The Morgan fingerprint density at radius 1 is 1.05 bits per heavy atom. The van der Waals surface area contributed by atoms with Crippen molar-refractivity contribution < 1.29 is 23.2 Å². The fourth-order valence-corrected chi connectivity index (χ4v) is 2.92. The zero-order chi connectivity index (χ0) is 15.3. The summed E-state index contributed by atoms with van der Waals surface area (Å²) in [5, 5.41) is 11.2. The van der Waals surface area contributed by atoms with E-state index in [4.69, 9.17) is 0 Å². The van der Waals surface area contributed by atoms with Gasteiger partial charge in [0.05, 0.1) is 4.88 Å². The van der Waals surface area contributed by atoms with Gasteiger partial charge in [0.2, 0.25) is 0 Å². The molecular weight excluding hydrogens is 299 g/mol. The summed E-state index contributed by atoms with van der Waals surface area (Å²) < 4.78 is 37.7. The summed E-state index contributed by atoms with van der Waals surface area (Å²) in [5.41, 5.74) is 0.957. The van der Waals surface area contributed by atoms with Crippen molar-refractivity contribution in [3.8, 4) is 0 Å². The topological polar surface area (TPSA) is 24.7 Å². The number of halogens is 3. The van der Waals surface area contributed by atoms with Gasteiger partial charge in [-0.2, -0.15) is 13.2 Å². The van der Waals surface area contributed by atoms with Crippen LogP contribution >= 0.6 is 11.3 Å². The molecule has 2 N–H and O–H groups in total. The Morgan fingerprint density at radius 3 is 2.33 bits per heavy atom. The predicted octanol–water partition coefficient (Wildman–Crippen LogP) is 2.26. The number of benzene rings is 1. The third kappa shape index (κ3) is 5.15. The van der Waals surface area contributed by atoms with Crippen LogP contribution in [0.4, 0.5) is 13.2 Å². The standard InChI is InChI=1S/C15H16F3NOS/c16-15(17,18)14(20)11-19(10-13-7-4-8-21-13)9-12-5-2-1-3-6-12/h1-8,14,20H,9-11H2/p+1/t14-/m0/s1. The van der Waals surface area contributed by atoms with Crippen LogP contribution in [0.15, 0.2) is 47.8 Å². The van der Waals surface area contributed by atoms with E-state index in [2.05, 4.69) is 0 Å². The first-order chi connectivity index (χ1) is 9.95. The van der Waals surface area contributed by atoms with Crippen LogP contribution < -0.4 is 4.90 Å². The largest absolute Gasteiger partial charge is 0.419 e. The molecule has 1 aromatic heterocycles. The molecule has 0 fully saturated rings. The number of aliphatic hydroxyl groups is 1. The second-order valence-corrected chi connectivity index (χ2v) is 5.96. The van der Waals surface area contributed by atoms with E-state index in [1.165, 1.54) is 11.3 Å². The summed E-state index contributed by atoms with van der Waals surface area (Å²) in [6.45, 7) is 0.571. The first-order valence-corrected chi connectivity index (χ1v) is 7.48. The molecular formula is C15H17F3NOS+. The van der Waals surface area contributed by atoms with Gasteiger partial charge < -0.3 is 10.0 Å². The highest BCUT2D eigenvalue weighted by Gasteiger charge is 2.41. The molecule has 2 aromatic rings. The van der Waals surface area contributed by atoms with Crippen LogP contribution in [0.5, 0.6) is 0 Å². The number of quaternary nitrogens is 1. The van der Waals surface area contributed by atoms with Crippen molar-refractivity contribution in [1.82, 2.24) is 0 Å². The predicted molar refractivity (Wildman–Crippen MR) is 76.1 cm³/mol. The van der Waals surface area contributed by atoms with E-state index in [0.717, 1.165) is 10.4 Å². The van der Waals surface area contributed by atoms with Gasteiger partial charge in [-0.05, 0) is 11.4 Å². The molecule has 2 nitrogen and oxygen atoms in total. The Hall–Kier alpha value is -1.37. The smallest absolute Gasteiger partial charge is 0.379 e. The van der Waals surface area contributed by atoms with E-state index >= 15 is 0 Å². The normalized spacial score (nSPS) is 14.9. The Kier molecular flexibility index (Phi) is 5.39. The minimum absolute atomic E-state index is 0.351. The quantitative estimate of drug-likeness (QED) is 0.839. The van der Waals surface area contributed by atoms with Crippen molar-refractivity contribution in [2.45, 2.75) is 25.4 Å². The van der Waals surface area contributed by atoms with Gasteiger partial charge in [0.25, 0.3) is 0 Å². The number of aliphatic hydroxyl groups excluding tert-OH is 1. The molecule has 0 saturated carbocycles. The first kappa shape index (κ1) is 16.0. The lowest BCUT2D eigenvalue weighted by Crippen LogP contribution is -3.10. The molecule has 2 atom stereocenters. The zero-order valence-corrected chi connectivity index (χ0v) is 12.1. The minimum atomic E-state index is -4.57. The van der Waals surface area contributed by atoms with Gasteiger partial charge in [-0.3, -0.25) is 0 Å². The zero-order valence-electron chi connectivity index (χ0n) is 11.3. The van der Waals surface area contributed by atoms with Gasteiger partial charge in [0.15, 0.2) is 6.10 Å². The van der Waals surface area contributed by atoms with E-state index in [9.17, 15) is 18.3 Å². The molecule has 1 aromatic carbocycles. The summed E-state index contributed by atoms with van der Waals surface area (Å²) in [6, 6.07) is 13.1. The number of alkyl halides is 3. The molecule has 114 valence electrons. The maximum atomic E-state index is 12.6. The second-order valence-electron chi connectivity index (χ2n) is 4.93. The summed E-state index contributed by atoms with van der Waals surface area (Å²) in [6.07, 6.45) is -6.87. The van der Waals surface area contributed by atoms with Crippen LogP contribution in [0.2, 0.25) is 0 Å². The van der Waals surface area contributed by atoms with Gasteiger partial charge in [0, 0.05) is 5.56 Å². The van der Waals surface area contributed by atoms with Crippen LogP contribution in [0.1, 0.15) is 10.4 Å². The molecule has 21 heavy (non-hydrogen) atoms.